The average molecular weight is 479 g/mol. The normalized spacial score (nSPS) is 39.2. The van der Waals surface area contributed by atoms with Crippen LogP contribution in [0.25, 0.3) is 0 Å². The van der Waals surface area contributed by atoms with Crippen LogP contribution in [-0.4, -0.2) is 123 Å². The maximum atomic E-state index is 11.6. The molecule has 10 unspecified atom stereocenters. The highest BCUT2D eigenvalue weighted by atomic mass is 16.7. The fourth-order valence-corrected chi connectivity index (χ4v) is 4.46. The first-order valence-corrected chi connectivity index (χ1v) is 10.8. The lowest BCUT2D eigenvalue weighted by Gasteiger charge is -2.49. The van der Waals surface area contributed by atoms with Crippen molar-refractivity contribution in [2.24, 2.45) is 0 Å². The maximum absolute atomic E-state index is 11.6. The summed E-state index contributed by atoms with van der Waals surface area (Å²) in [4.78, 5) is 11.6. The Labute approximate surface area is 195 Å². The number of hydrogen-bond donors (Lipinski definition) is 0. The topological polar surface area (TPSA) is 109 Å². The molecule has 10 atom stereocenters. The summed E-state index contributed by atoms with van der Waals surface area (Å²) in [6, 6.07) is 0. The van der Waals surface area contributed by atoms with Gasteiger partial charge in [0, 0.05) is 48.7 Å². The Morgan fingerprint density at radius 1 is 0.758 bits per heavy atom. The van der Waals surface area contributed by atoms with E-state index in [0.717, 1.165) is 6.08 Å². The molecule has 0 spiro atoms. The van der Waals surface area contributed by atoms with Crippen LogP contribution in [0.2, 0.25) is 0 Å². The van der Waals surface area contributed by atoms with Gasteiger partial charge in [-0.3, -0.25) is 0 Å². The minimum atomic E-state index is -0.921. The van der Waals surface area contributed by atoms with Crippen LogP contribution < -0.4 is 0 Å². The molecule has 2 fully saturated rings. The molecule has 192 valence electrons. The molecule has 0 aromatic heterocycles. The van der Waals surface area contributed by atoms with Crippen molar-refractivity contribution in [1.82, 2.24) is 0 Å². The third-order valence-corrected chi connectivity index (χ3v) is 6.00. The van der Waals surface area contributed by atoms with Crippen LogP contribution in [0.3, 0.4) is 0 Å². The zero-order valence-corrected chi connectivity index (χ0v) is 20.5. The first kappa shape index (κ1) is 28.1. The third kappa shape index (κ3) is 6.50. The fraction of sp³-hybridized carbons (Fsp3) is 0.864. The highest BCUT2D eigenvalue weighted by molar-refractivity contribution is 5.81. The number of esters is 1. The Kier molecular flexibility index (Phi) is 11.6. The molecule has 0 amide bonds. The van der Waals surface area contributed by atoms with E-state index in [1.165, 1.54) is 21.3 Å². The van der Waals surface area contributed by atoms with Gasteiger partial charge in [0.15, 0.2) is 6.29 Å². The second-order valence-corrected chi connectivity index (χ2v) is 7.81. The molecule has 0 aromatic rings. The maximum Gasteiger partial charge on any atom is 0.330 e. The number of rotatable bonds is 12. The largest absolute Gasteiger partial charge is 0.460 e. The Hall–Kier alpha value is -1.15. The molecule has 11 heteroatoms. The van der Waals surface area contributed by atoms with Crippen LogP contribution in [0.1, 0.15) is 6.92 Å². The molecule has 0 aromatic carbocycles. The molecule has 33 heavy (non-hydrogen) atoms. The Bertz CT molecular complexity index is 603. The highest BCUT2D eigenvalue weighted by Crippen LogP contribution is 2.33. The predicted octanol–water partition coefficient (Wildman–Crippen LogP) is 0.334. The van der Waals surface area contributed by atoms with Crippen LogP contribution in [0.4, 0.5) is 0 Å². The standard InChI is InChI=1S/C22H38O11/c1-9-15(23)30-11-14-17(26-5)20(28-7)21(29-8)22(32-14)33-18-13(10-24-3)31-12(2)16(25-4)19(18)27-6/h9,12-14,16-22H,1,10-11H2,2-8H3. The molecule has 2 saturated heterocycles. The molecule has 2 aliphatic heterocycles. The van der Waals surface area contributed by atoms with Gasteiger partial charge < -0.3 is 47.4 Å². The summed E-state index contributed by atoms with van der Waals surface area (Å²) in [6.07, 6.45) is -4.53. The van der Waals surface area contributed by atoms with Crippen molar-refractivity contribution in [3.05, 3.63) is 12.7 Å². The number of carbonyl (C=O) groups is 1. The van der Waals surface area contributed by atoms with Gasteiger partial charge in [-0.1, -0.05) is 6.58 Å². The van der Waals surface area contributed by atoms with E-state index in [2.05, 4.69) is 6.58 Å². The van der Waals surface area contributed by atoms with Gasteiger partial charge in [-0.05, 0) is 6.92 Å². The second-order valence-electron chi connectivity index (χ2n) is 7.81. The summed E-state index contributed by atoms with van der Waals surface area (Å²) in [7, 11) is 9.34. The molecular weight excluding hydrogens is 440 g/mol. The Balaban J connectivity index is 2.32. The number of methoxy groups -OCH3 is 6. The van der Waals surface area contributed by atoms with Gasteiger partial charge in [-0.25, -0.2) is 4.79 Å². The summed E-state index contributed by atoms with van der Waals surface area (Å²) in [6.45, 7) is 5.49. The summed E-state index contributed by atoms with van der Waals surface area (Å²) < 4.78 is 57.6. The van der Waals surface area contributed by atoms with E-state index in [1.54, 1.807) is 21.3 Å². The van der Waals surface area contributed by atoms with Gasteiger partial charge in [-0.15, -0.1) is 0 Å². The van der Waals surface area contributed by atoms with Crippen molar-refractivity contribution in [2.75, 3.05) is 55.9 Å². The van der Waals surface area contributed by atoms with Gasteiger partial charge in [0.2, 0.25) is 0 Å². The molecule has 2 heterocycles. The summed E-state index contributed by atoms with van der Waals surface area (Å²) in [5, 5.41) is 0. The summed E-state index contributed by atoms with van der Waals surface area (Å²) in [5.74, 6) is -0.578. The highest BCUT2D eigenvalue weighted by Gasteiger charge is 2.52. The minimum absolute atomic E-state index is 0.0897. The first-order valence-electron chi connectivity index (χ1n) is 10.8. The minimum Gasteiger partial charge on any atom is -0.460 e. The van der Waals surface area contributed by atoms with Gasteiger partial charge in [0.05, 0.1) is 12.7 Å². The molecule has 0 radical (unpaired) electrons. The van der Waals surface area contributed by atoms with Gasteiger partial charge >= 0.3 is 5.97 Å². The number of carbonyl (C=O) groups excluding carboxylic acids is 1. The van der Waals surface area contributed by atoms with E-state index in [9.17, 15) is 4.79 Å². The van der Waals surface area contributed by atoms with E-state index in [-0.39, 0.29) is 25.4 Å². The zero-order valence-electron chi connectivity index (χ0n) is 20.5. The lowest BCUT2D eigenvalue weighted by molar-refractivity contribution is -0.350. The van der Waals surface area contributed by atoms with Gasteiger partial charge in [0.1, 0.15) is 55.4 Å². The van der Waals surface area contributed by atoms with Crippen LogP contribution in [0, 0.1) is 0 Å². The van der Waals surface area contributed by atoms with E-state index in [0.29, 0.717) is 0 Å². The van der Waals surface area contributed by atoms with Crippen LogP contribution in [0.15, 0.2) is 12.7 Å². The molecule has 0 N–H and O–H groups in total. The van der Waals surface area contributed by atoms with Crippen molar-refractivity contribution < 1.29 is 52.2 Å². The SMILES string of the molecule is C=CC(=O)OCC1OC(OC2C(COC)OC(C)C(OC)C2OC)C(OC)C(OC)C1OC. The van der Waals surface area contributed by atoms with E-state index >= 15 is 0 Å². The monoisotopic (exact) mass is 478 g/mol. The molecular formula is C22H38O11. The molecule has 2 rings (SSSR count). The zero-order chi connectivity index (χ0) is 24.5. The van der Waals surface area contributed by atoms with Crippen molar-refractivity contribution in [3.8, 4) is 0 Å². The van der Waals surface area contributed by atoms with Crippen molar-refractivity contribution in [3.63, 3.8) is 0 Å². The molecule has 2 aliphatic rings. The van der Waals surface area contributed by atoms with E-state index < -0.39 is 55.0 Å². The summed E-state index contributed by atoms with van der Waals surface area (Å²) >= 11 is 0. The van der Waals surface area contributed by atoms with Crippen LogP contribution in [-0.2, 0) is 52.2 Å². The molecule has 0 saturated carbocycles. The molecule has 0 bridgehead atoms. The number of hydrogen-bond acceptors (Lipinski definition) is 11. The number of ether oxygens (including phenoxy) is 10. The van der Waals surface area contributed by atoms with Crippen LogP contribution in [0.5, 0.6) is 0 Å². The van der Waals surface area contributed by atoms with Crippen LogP contribution >= 0.6 is 0 Å². The van der Waals surface area contributed by atoms with Crippen molar-refractivity contribution >= 4 is 5.97 Å². The fourth-order valence-electron chi connectivity index (χ4n) is 4.46. The molecule has 0 aliphatic carbocycles. The van der Waals surface area contributed by atoms with Gasteiger partial charge in [0.25, 0.3) is 0 Å². The smallest absolute Gasteiger partial charge is 0.330 e. The second kappa shape index (κ2) is 13.7. The Morgan fingerprint density at radius 2 is 1.30 bits per heavy atom. The van der Waals surface area contributed by atoms with Crippen molar-refractivity contribution in [1.29, 1.82) is 0 Å². The molecule has 11 nitrogen and oxygen atoms in total. The predicted molar refractivity (Wildman–Crippen MR) is 115 cm³/mol. The first-order chi connectivity index (χ1) is 15.9. The lowest BCUT2D eigenvalue weighted by Crippen LogP contribution is -2.65. The van der Waals surface area contributed by atoms with Gasteiger partial charge in [-0.2, -0.15) is 0 Å². The van der Waals surface area contributed by atoms with E-state index in [1.807, 2.05) is 6.92 Å². The summed E-state index contributed by atoms with van der Waals surface area (Å²) in [5.41, 5.74) is 0. The van der Waals surface area contributed by atoms with E-state index in [4.69, 9.17) is 47.4 Å². The Morgan fingerprint density at radius 3 is 1.82 bits per heavy atom. The quantitative estimate of drug-likeness (QED) is 0.286. The van der Waals surface area contributed by atoms with Crippen molar-refractivity contribution in [2.45, 2.75) is 68.1 Å². The average Bonchev–Trinajstić information content (AvgIpc) is 2.82. The lowest BCUT2D eigenvalue weighted by atomic mass is 9.94. The third-order valence-electron chi connectivity index (χ3n) is 6.00.